The second-order valence-corrected chi connectivity index (χ2v) is 6.35. The van der Waals surface area contributed by atoms with Gasteiger partial charge in [-0.3, -0.25) is 0 Å². The van der Waals surface area contributed by atoms with Gasteiger partial charge in [-0.15, -0.1) is 0 Å². The molecule has 22 heavy (non-hydrogen) atoms. The molecule has 2 unspecified atom stereocenters. The molecule has 0 spiro atoms. The third-order valence-corrected chi connectivity index (χ3v) is 4.84. The molecule has 0 aliphatic heterocycles. The van der Waals surface area contributed by atoms with Crippen molar-refractivity contribution in [1.29, 1.82) is 0 Å². The van der Waals surface area contributed by atoms with E-state index in [0.717, 1.165) is 18.5 Å². The molecule has 1 aliphatic rings. The van der Waals surface area contributed by atoms with Crippen LogP contribution in [0, 0.1) is 11.7 Å². The average Bonchev–Trinajstić information content (AvgIpc) is 2.54. The molecule has 2 atom stereocenters. The largest absolute Gasteiger partial charge is 0.319 e. The summed E-state index contributed by atoms with van der Waals surface area (Å²) in [5.74, 6) is 0.943. The van der Waals surface area contributed by atoms with Crippen LogP contribution >= 0.6 is 0 Å². The fraction of sp³-hybridized carbons (Fsp3) is 0.400. The first-order valence-corrected chi connectivity index (χ1v) is 8.25. The molecular weight excluding hydrogens is 273 g/mol. The highest BCUT2D eigenvalue weighted by atomic mass is 19.1. The molecule has 1 nitrogen and oxygen atoms in total. The number of hydrogen-bond donors (Lipinski definition) is 1. The first kappa shape index (κ1) is 15.2. The Kier molecular flexibility index (Phi) is 4.89. The number of nitrogens with one attached hydrogen (secondary N) is 1. The Hall–Kier alpha value is -1.67. The Morgan fingerprint density at radius 2 is 2.05 bits per heavy atom. The van der Waals surface area contributed by atoms with Gasteiger partial charge in [0.05, 0.1) is 0 Å². The predicted octanol–water partition coefficient (Wildman–Crippen LogP) is 4.32. The zero-order valence-electron chi connectivity index (χ0n) is 13.2. The zero-order chi connectivity index (χ0) is 15.4. The third kappa shape index (κ3) is 3.38. The van der Waals surface area contributed by atoms with Gasteiger partial charge in [-0.05, 0) is 79.9 Å². The van der Waals surface area contributed by atoms with Crippen molar-refractivity contribution in [3.63, 3.8) is 0 Å². The van der Waals surface area contributed by atoms with Crippen LogP contribution < -0.4 is 5.32 Å². The van der Waals surface area contributed by atoms with Gasteiger partial charge in [-0.25, -0.2) is 4.39 Å². The van der Waals surface area contributed by atoms with Crippen LogP contribution in [-0.4, -0.2) is 13.6 Å². The lowest BCUT2D eigenvalue weighted by Gasteiger charge is -2.32. The summed E-state index contributed by atoms with van der Waals surface area (Å²) in [5, 5.41) is 3.34. The first-order valence-electron chi connectivity index (χ1n) is 8.25. The highest BCUT2D eigenvalue weighted by Crippen LogP contribution is 2.38. The monoisotopic (exact) mass is 297 g/mol. The molecule has 0 fully saturated rings. The quantitative estimate of drug-likeness (QED) is 0.866. The van der Waals surface area contributed by atoms with E-state index in [2.05, 4.69) is 29.6 Å². The third-order valence-electron chi connectivity index (χ3n) is 4.84. The predicted molar refractivity (Wildman–Crippen MR) is 89.6 cm³/mol. The van der Waals surface area contributed by atoms with Gasteiger partial charge < -0.3 is 5.32 Å². The smallest absolute Gasteiger partial charge is 0.123 e. The van der Waals surface area contributed by atoms with Gasteiger partial charge in [0, 0.05) is 0 Å². The standard InChI is InChI=1S/C20H24FN/c1-22-14-17(12-15-6-4-9-18(21)13-15)20-11-5-8-16-7-2-3-10-19(16)20/h2-4,6-7,9-10,13,17,20,22H,5,8,11-12,14H2,1H3. The lowest BCUT2D eigenvalue weighted by Crippen LogP contribution is -2.29. The molecule has 0 saturated carbocycles. The molecule has 116 valence electrons. The lowest BCUT2D eigenvalue weighted by atomic mass is 9.74. The van der Waals surface area contributed by atoms with Crippen LogP contribution in [0.1, 0.15) is 35.4 Å². The molecule has 0 radical (unpaired) electrons. The summed E-state index contributed by atoms with van der Waals surface area (Å²) >= 11 is 0. The van der Waals surface area contributed by atoms with Crippen LogP contribution in [0.15, 0.2) is 48.5 Å². The molecule has 0 aromatic heterocycles. The molecule has 1 aliphatic carbocycles. The number of aryl methyl sites for hydroxylation is 1. The van der Waals surface area contributed by atoms with Gasteiger partial charge in [-0.2, -0.15) is 0 Å². The van der Waals surface area contributed by atoms with Crippen LogP contribution in [0.5, 0.6) is 0 Å². The summed E-state index contributed by atoms with van der Waals surface area (Å²) < 4.78 is 13.5. The van der Waals surface area contributed by atoms with Gasteiger partial charge >= 0.3 is 0 Å². The van der Waals surface area contributed by atoms with Crippen LogP contribution in [0.2, 0.25) is 0 Å². The van der Waals surface area contributed by atoms with Crippen molar-refractivity contribution in [3.8, 4) is 0 Å². The molecule has 0 amide bonds. The van der Waals surface area contributed by atoms with Gasteiger partial charge in [-0.1, -0.05) is 36.4 Å². The van der Waals surface area contributed by atoms with E-state index in [1.54, 1.807) is 6.07 Å². The summed E-state index contributed by atoms with van der Waals surface area (Å²) in [4.78, 5) is 0. The maximum Gasteiger partial charge on any atom is 0.123 e. The number of hydrogen-bond acceptors (Lipinski definition) is 1. The van der Waals surface area contributed by atoms with Crippen LogP contribution in [0.3, 0.4) is 0 Å². The van der Waals surface area contributed by atoms with Crippen molar-refractivity contribution in [3.05, 3.63) is 71.0 Å². The molecule has 2 aromatic rings. The fourth-order valence-corrected chi connectivity index (χ4v) is 3.87. The summed E-state index contributed by atoms with van der Waals surface area (Å²) in [6.45, 7) is 0.968. The normalized spacial score (nSPS) is 18.7. The molecule has 2 aromatic carbocycles. The van der Waals surface area contributed by atoms with Gasteiger partial charge in [0.1, 0.15) is 5.82 Å². The van der Waals surface area contributed by atoms with Crippen molar-refractivity contribution >= 4 is 0 Å². The molecule has 0 bridgehead atoms. The second kappa shape index (κ2) is 7.06. The Labute approximate surface area is 132 Å². The number of benzene rings is 2. The van der Waals surface area contributed by atoms with Crippen molar-refractivity contribution in [2.45, 2.75) is 31.6 Å². The highest BCUT2D eigenvalue weighted by molar-refractivity contribution is 5.33. The minimum absolute atomic E-state index is 0.134. The lowest BCUT2D eigenvalue weighted by molar-refractivity contribution is 0.365. The van der Waals surface area contributed by atoms with Crippen LogP contribution in [0.4, 0.5) is 4.39 Å². The topological polar surface area (TPSA) is 12.0 Å². The number of rotatable bonds is 5. The SMILES string of the molecule is CNCC(Cc1cccc(F)c1)C1CCCc2ccccc21. The van der Waals surface area contributed by atoms with E-state index >= 15 is 0 Å². The van der Waals surface area contributed by atoms with Crippen molar-refractivity contribution < 1.29 is 4.39 Å². The molecule has 0 heterocycles. The van der Waals surface area contributed by atoms with E-state index in [4.69, 9.17) is 0 Å². The molecule has 1 N–H and O–H groups in total. The summed E-state index contributed by atoms with van der Waals surface area (Å²) in [6, 6.07) is 15.9. The van der Waals surface area contributed by atoms with E-state index < -0.39 is 0 Å². The van der Waals surface area contributed by atoms with E-state index in [-0.39, 0.29) is 5.82 Å². The molecular formula is C20H24FN. The Bertz CT molecular complexity index is 623. The van der Waals surface area contributed by atoms with Crippen molar-refractivity contribution in [1.82, 2.24) is 5.32 Å². The zero-order valence-corrected chi connectivity index (χ0v) is 13.2. The minimum Gasteiger partial charge on any atom is -0.319 e. The van der Waals surface area contributed by atoms with Crippen molar-refractivity contribution in [2.24, 2.45) is 5.92 Å². The average molecular weight is 297 g/mol. The Balaban J connectivity index is 1.85. The summed E-state index contributed by atoms with van der Waals surface area (Å²) in [6.07, 6.45) is 4.61. The maximum atomic E-state index is 13.5. The Morgan fingerprint density at radius 3 is 2.86 bits per heavy atom. The second-order valence-electron chi connectivity index (χ2n) is 6.35. The van der Waals surface area contributed by atoms with Crippen molar-refractivity contribution in [2.75, 3.05) is 13.6 Å². The van der Waals surface area contributed by atoms with E-state index in [1.165, 1.54) is 36.5 Å². The number of fused-ring (bicyclic) bond motifs is 1. The molecule has 0 saturated heterocycles. The van der Waals surface area contributed by atoms with E-state index in [9.17, 15) is 4.39 Å². The van der Waals surface area contributed by atoms with Gasteiger partial charge in [0.2, 0.25) is 0 Å². The Morgan fingerprint density at radius 1 is 1.18 bits per heavy atom. The van der Waals surface area contributed by atoms with Crippen LogP contribution in [0.25, 0.3) is 0 Å². The minimum atomic E-state index is -0.134. The summed E-state index contributed by atoms with van der Waals surface area (Å²) in [5.41, 5.74) is 4.10. The first-order chi connectivity index (χ1) is 10.8. The maximum absolute atomic E-state index is 13.5. The van der Waals surface area contributed by atoms with E-state index in [1.807, 2.05) is 19.2 Å². The summed E-state index contributed by atoms with van der Waals surface area (Å²) in [7, 11) is 2.01. The van der Waals surface area contributed by atoms with Crippen LogP contribution in [-0.2, 0) is 12.8 Å². The van der Waals surface area contributed by atoms with Gasteiger partial charge in [0.15, 0.2) is 0 Å². The van der Waals surface area contributed by atoms with Gasteiger partial charge in [0.25, 0.3) is 0 Å². The fourth-order valence-electron chi connectivity index (χ4n) is 3.87. The number of halogens is 1. The van der Waals surface area contributed by atoms with E-state index in [0.29, 0.717) is 11.8 Å². The molecule has 2 heteroatoms. The molecule has 3 rings (SSSR count). The highest BCUT2D eigenvalue weighted by Gasteiger charge is 2.27.